The minimum Gasteiger partial charge on any atom is -0.366 e. The van der Waals surface area contributed by atoms with E-state index in [4.69, 9.17) is 0 Å². The van der Waals surface area contributed by atoms with Crippen molar-refractivity contribution in [1.82, 2.24) is 20.3 Å². The maximum Gasteiger partial charge on any atom is 0.270 e. The maximum atomic E-state index is 12.3. The summed E-state index contributed by atoms with van der Waals surface area (Å²) in [6, 6.07) is 5.54. The van der Waals surface area contributed by atoms with Gasteiger partial charge in [0.05, 0.1) is 0 Å². The molecule has 130 valence electrons. The highest BCUT2D eigenvalue weighted by Crippen LogP contribution is 2.19. The Bertz CT molecular complexity index is 730. The summed E-state index contributed by atoms with van der Waals surface area (Å²) < 4.78 is 0. The quantitative estimate of drug-likeness (QED) is 0.759. The summed E-state index contributed by atoms with van der Waals surface area (Å²) >= 11 is 0. The van der Waals surface area contributed by atoms with E-state index >= 15 is 0 Å². The van der Waals surface area contributed by atoms with Crippen molar-refractivity contribution in [3.05, 3.63) is 59.8 Å². The van der Waals surface area contributed by atoms with Gasteiger partial charge in [0.25, 0.3) is 5.91 Å². The molecule has 6 heteroatoms. The van der Waals surface area contributed by atoms with Crippen LogP contribution in [0.3, 0.4) is 0 Å². The van der Waals surface area contributed by atoms with Crippen molar-refractivity contribution in [1.29, 1.82) is 0 Å². The fourth-order valence-electron chi connectivity index (χ4n) is 2.83. The van der Waals surface area contributed by atoms with Gasteiger partial charge in [-0.15, -0.1) is 0 Å². The number of allylic oxidation sites excluding steroid dienone is 1. The zero-order valence-electron chi connectivity index (χ0n) is 14.2. The fraction of sp³-hybridized carbons (Fsp3) is 0.368. The molecule has 1 aliphatic rings. The minimum absolute atomic E-state index is 0.161. The molecule has 0 fully saturated rings. The molecule has 2 N–H and O–H groups in total. The lowest BCUT2D eigenvalue weighted by Crippen LogP contribution is -2.26. The lowest BCUT2D eigenvalue weighted by atomic mass is 9.97. The molecule has 0 saturated carbocycles. The van der Waals surface area contributed by atoms with E-state index < -0.39 is 0 Å². The number of pyridine rings is 1. The third-order valence-corrected chi connectivity index (χ3v) is 4.24. The Morgan fingerprint density at radius 1 is 1.16 bits per heavy atom. The average Bonchev–Trinajstić information content (AvgIpc) is 2.68. The molecule has 6 nitrogen and oxygen atoms in total. The van der Waals surface area contributed by atoms with Crippen LogP contribution in [-0.4, -0.2) is 27.4 Å². The topological polar surface area (TPSA) is 79.8 Å². The molecule has 25 heavy (non-hydrogen) atoms. The molecule has 1 amide bonds. The minimum atomic E-state index is -0.161. The van der Waals surface area contributed by atoms with Crippen molar-refractivity contribution in [2.75, 3.05) is 11.9 Å². The molecule has 0 radical (unpaired) electrons. The first-order valence-electron chi connectivity index (χ1n) is 8.72. The number of carbonyl (C=O) groups is 1. The Labute approximate surface area is 147 Å². The molecule has 0 bridgehead atoms. The van der Waals surface area contributed by atoms with E-state index in [9.17, 15) is 4.79 Å². The van der Waals surface area contributed by atoms with Crippen LogP contribution in [0, 0.1) is 0 Å². The van der Waals surface area contributed by atoms with Crippen LogP contribution in [0.2, 0.25) is 0 Å². The summed E-state index contributed by atoms with van der Waals surface area (Å²) in [6.45, 7) is 1.27. The number of aromatic nitrogens is 3. The van der Waals surface area contributed by atoms with Crippen LogP contribution in [0.1, 0.15) is 48.2 Å². The number of hydrogen-bond acceptors (Lipinski definition) is 5. The molecule has 2 heterocycles. The number of amides is 1. The summed E-state index contributed by atoms with van der Waals surface area (Å²) in [4.78, 5) is 24.5. The normalized spacial score (nSPS) is 13.8. The van der Waals surface area contributed by atoms with Gasteiger partial charge in [0.15, 0.2) is 0 Å². The predicted octanol–water partition coefficient (Wildman–Crippen LogP) is 3.10. The van der Waals surface area contributed by atoms with Gasteiger partial charge >= 0.3 is 0 Å². The van der Waals surface area contributed by atoms with Gasteiger partial charge < -0.3 is 10.6 Å². The lowest BCUT2D eigenvalue weighted by Gasteiger charge is -2.13. The first kappa shape index (κ1) is 17.1. The molecule has 0 unspecified atom stereocenters. The van der Waals surface area contributed by atoms with Crippen LogP contribution >= 0.6 is 0 Å². The zero-order chi connectivity index (χ0) is 17.3. The van der Waals surface area contributed by atoms with Gasteiger partial charge in [0.2, 0.25) is 0 Å². The Morgan fingerprint density at radius 3 is 2.84 bits per heavy atom. The molecule has 3 rings (SSSR count). The molecule has 0 saturated heterocycles. The van der Waals surface area contributed by atoms with E-state index in [0.717, 1.165) is 18.4 Å². The van der Waals surface area contributed by atoms with Crippen molar-refractivity contribution < 1.29 is 4.79 Å². The highest BCUT2D eigenvalue weighted by atomic mass is 16.1. The monoisotopic (exact) mass is 337 g/mol. The fourth-order valence-corrected chi connectivity index (χ4v) is 2.83. The summed E-state index contributed by atoms with van der Waals surface area (Å²) in [7, 11) is 0. The van der Waals surface area contributed by atoms with Gasteiger partial charge in [-0.25, -0.2) is 9.97 Å². The van der Waals surface area contributed by atoms with E-state index in [0.29, 0.717) is 24.6 Å². The van der Waals surface area contributed by atoms with Gasteiger partial charge in [-0.2, -0.15) is 0 Å². The summed E-state index contributed by atoms with van der Waals surface area (Å²) in [5.74, 6) is 0.470. The van der Waals surface area contributed by atoms with Crippen molar-refractivity contribution in [2.45, 2.75) is 38.6 Å². The largest absolute Gasteiger partial charge is 0.366 e. The van der Waals surface area contributed by atoms with E-state index in [2.05, 4.69) is 31.7 Å². The molecule has 1 aliphatic carbocycles. The van der Waals surface area contributed by atoms with Crippen LogP contribution in [0.5, 0.6) is 0 Å². The van der Waals surface area contributed by atoms with Crippen LogP contribution < -0.4 is 10.6 Å². The lowest BCUT2D eigenvalue weighted by molar-refractivity contribution is 0.0949. The molecule has 0 aromatic carbocycles. The van der Waals surface area contributed by atoms with Crippen molar-refractivity contribution in [2.24, 2.45) is 0 Å². The number of hydrogen-bond donors (Lipinski definition) is 2. The van der Waals surface area contributed by atoms with Crippen LogP contribution in [0.15, 0.2) is 48.6 Å². The van der Waals surface area contributed by atoms with Gasteiger partial charge in [0, 0.05) is 31.5 Å². The number of carbonyl (C=O) groups excluding carboxylic acids is 1. The Hall–Kier alpha value is -2.76. The van der Waals surface area contributed by atoms with E-state index in [1.165, 1.54) is 31.2 Å². The Kier molecular flexibility index (Phi) is 6.09. The van der Waals surface area contributed by atoms with Gasteiger partial charge in [-0.1, -0.05) is 11.6 Å². The summed E-state index contributed by atoms with van der Waals surface area (Å²) in [6.07, 6.45) is 13.0. The average molecular weight is 337 g/mol. The molecule has 2 aromatic heterocycles. The van der Waals surface area contributed by atoms with E-state index in [-0.39, 0.29) is 5.91 Å². The van der Waals surface area contributed by atoms with Crippen molar-refractivity contribution in [3.63, 3.8) is 0 Å². The smallest absolute Gasteiger partial charge is 0.270 e. The Morgan fingerprint density at radius 2 is 2.04 bits per heavy atom. The third-order valence-electron chi connectivity index (χ3n) is 4.24. The van der Waals surface area contributed by atoms with Crippen LogP contribution in [-0.2, 0) is 6.54 Å². The zero-order valence-corrected chi connectivity index (χ0v) is 14.2. The second-order valence-corrected chi connectivity index (χ2v) is 6.11. The predicted molar refractivity (Wildman–Crippen MR) is 97.1 cm³/mol. The van der Waals surface area contributed by atoms with E-state index in [1.807, 2.05) is 12.1 Å². The van der Waals surface area contributed by atoms with Crippen molar-refractivity contribution in [3.8, 4) is 0 Å². The molecule has 2 aromatic rings. The van der Waals surface area contributed by atoms with Gasteiger partial charge in [-0.05, 0) is 49.8 Å². The highest BCUT2D eigenvalue weighted by molar-refractivity contribution is 5.92. The first-order valence-corrected chi connectivity index (χ1v) is 8.72. The maximum absolute atomic E-state index is 12.3. The summed E-state index contributed by atoms with van der Waals surface area (Å²) in [5.41, 5.74) is 2.93. The summed E-state index contributed by atoms with van der Waals surface area (Å²) in [5, 5.41) is 6.14. The molecule has 0 atom stereocenters. The number of rotatable bonds is 7. The molecular weight excluding hydrogens is 314 g/mol. The van der Waals surface area contributed by atoms with Crippen molar-refractivity contribution >= 4 is 11.7 Å². The number of nitrogens with one attached hydrogen (secondary N) is 2. The first-order chi connectivity index (χ1) is 12.3. The Balaban J connectivity index is 1.49. The van der Waals surface area contributed by atoms with Gasteiger partial charge in [0.1, 0.15) is 17.8 Å². The number of anilines is 1. The molecule has 0 aliphatic heterocycles. The second-order valence-electron chi connectivity index (χ2n) is 6.11. The van der Waals surface area contributed by atoms with E-state index in [1.54, 1.807) is 18.5 Å². The SMILES string of the molecule is O=C(NCCC1=CCCCC1)c1cc(NCc2ccncc2)ncn1. The standard InChI is InChI=1S/C19H23N5O/c25-19(21-11-8-15-4-2-1-3-5-15)17-12-18(24-14-23-17)22-13-16-6-9-20-10-7-16/h4,6-7,9-10,12,14H,1-3,5,8,11,13H2,(H,21,25)(H,22,23,24). The number of nitrogens with zero attached hydrogens (tertiary/aromatic N) is 3. The highest BCUT2D eigenvalue weighted by Gasteiger charge is 2.09. The molecular formula is C19H23N5O. The molecule has 0 spiro atoms. The second kappa shape index (κ2) is 8.92. The van der Waals surface area contributed by atoms with Gasteiger partial charge in [-0.3, -0.25) is 9.78 Å². The van der Waals surface area contributed by atoms with Crippen LogP contribution in [0.25, 0.3) is 0 Å². The van der Waals surface area contributed by atoms with Crippen LogP contribution in [0.4, 0.5) is 5.82 Å². The third kappa shape index (κ3) is 5.38.